The zero-order valence-corrected chi connectivity index (χ0v) is 9.47. The molecule has 0 heterocycles. The number of allylic oxidation sites excluding steroid dienone is 1. The van der Waals surface area contributed by atoms with E-state index >= 15 is 0 Å². The highest BCUT2D eigenvalue weighted by atomic mass is 16.3. The van der Waals surface area contributed by atoms with E-state index in [1.165, 1.54) is 0 Å². The van der Waals surface area contributed by atoms with E-state index in [-0.39, 0.29) is 5.88 Å². The lowest BCUT2D eigenvalue weighted by Gasteiger charge is -1.89. The molecule has 0 atom stereocenters. The quantitative estimate of drug-likeness (QED) is 0.473. The van der Waals surface area contributed by atoms with Crippen LogP contribution in [-0.2, 0) is 0 Å². The van der Waals surface area contributed by atoms with Crippen LogP contribution in [0.4, 0.5) is 0 Å². The summed E-state index contributed by atoms with van der Waals surface area (Å²) in [6.45, 7) is 13.4. The van der Waals surface area contributed by atoms with Crippen LogP contribution in [0, 0.1) is 0 Å². The Kier molecular flexibility index (Phi) is 24.1. The van der Waals surface area contributed by atoms with Crippen LogP contribution < -0.4 is 0 Å². The maximum atomic E-state index is 8.81. The van der Waals surface area contributed by atoms with Crippen LogP contribution in [-0.4, -0.2) is 11.3 Å². The van der Waals surface area contributed by atoms with E-state index in [1.54, 1.807) is 13.1 Å². The molecule has 1 N–H and O–H groups in total. The van der Waals surface area contributed by atoms with E-state index in [9.17, 15) is 0 Å². The highest BCUT2D eigenvalue weighted by molar-refractivity contribution is 5.54. The van der Waals surface area contributed by atoms with Gasteiger partial charge in [0.25, 0.3) is 0 Å². The Labute approximate surface area is 77.0 Å². The fourth-order valence-corrected chi connectivity index (χ4v) is 0.251. The van der Waals surface area contributed by atoms with Gasteiger partial charge in [-0.25, -0.2) is 4.99 Å². The second-order valence-corrected chi connectivity index (χ2v) is 1.71. The monoisotopic (exact) mass is 173 g/mol. The van der Waals surface area contributed by atoms with Crippen molar-refractivity contribution < 1.29 is 5.11 Å². The molecule has 2 nitrogen and oxygen atoms in total. The first kappa shape index (κ1) is 17.3. The Morgan fingerprint density at radius 1 is 1.08 bits per heavy atom. The number of rotatable bonds is 1. The molecule has 74 valence electrons. The highest BCUT2D eigenvalue weighted by Gasteiger charge is 1.85. The minimum absolute atomic E-state index is 0.118. The molecule has 0 aromatic carbocycles. The largest absolute Gasteiger partial charge is 0.493 e. The van der Waals surface area contributed by atoms with Crippen LogP contribution in [0.2, 0.25) is 0 Å². The van der Waals surface area contributed by atoms with Gasteiger partial charge in [-0.05, 0) is 26.3 Å². The van der Waals surface area contributed by atoms with Gasteiger partial charge < -0.3 is 5.11 Å². The van der Waals surface area contributed by atoms with Gasteiger partial charge in [0.15, 0.2) is 0 Å². The highest BCUT2D eigenvalue weighted by Crippen LogP contribution is 1.97. The van der Waals surface area contributed by atoms with Gasteiger partial charge in [0.1, 0.15) is 0 Å². The first-order valence-electron chi connectivity index (χ1n) is 4.53. The van der Waals surface area contributed by atoms with Crippen molar-refractivity contribution in [1.29, 1.82) is 0 Å². The van der Waals surface area contributed by atoms with Crippen molar-refractivity contribution in [2.45, 2.75) is 48.5 Å². The van der Waals surface area contributed by atoms with E-state index in [1.807, 2.05) is 41.5 Å². The maximum Gasteiger partial charge on any atom is 0.208 e. The molecule has 0 aromatic rings. The number of hydrogen-bond donors (Lipinski definition) is 1. The second kappa shape index (κ2) is 16.7. The van der Waals surface area contributed by atoms with Crippen molar-refractivity contribution in [3.8, 4) is 0 Å². The summed E-state index contributed by atoms with van der Waals surface area (Å²) < 4.78 is 0. The molecule has 0 aromatic heterocycles. The molecule has 0 aliphatic rings. The Balaban J connectivity index is -0.000000175. The fourth-order valence-electron chi connectivity index (χ4n) is 0.251. The molecule has 0 unspecified atom stereocenters. The molecule has 0 saturated carbocycles. The molecule has 0 bridgehead atoms. The maximum absolute atomic E-state index is 8.81. The molecule has 0 aliphatic heterocycles. The third kappa shape index (κ3) is 16.1. The van der Waals surface area contributed by atoms with Gasteiger partial charge in [-0.3, -0.25) is 0 Å². The Hall–Kier alpha value is -0.790. The average molecular weight is 173 g/mol. The van der Waals surface area contributed by atoms with Crippen molar-refractivity contribution in [1.82, 2.24) is 0 Å². The van der Waals surface area contributed by atoms with E-state index in [2.05, 4.69) is 4.99 Å². The van der Waals surface area contributed by atoms with Crippen molar-refractivity contribution in [2.24, 2.45) is 4.99 Å². The number of hydrogen-bond acceptors (Lipinski definition) is 2. The third-order valence-corrected chi connectivity index (χ3v) is 0.699. The summed E-state index contributed by atoms with van der Waals surface area (Å²) in [5, 5.41) is 8.81. The molecule has 0 fully saturated rings. The average Bonchev–Trinajstić information content (AvgIpc) is 2.12. The van der Waals surface area contributed by atoms with E-state index < -0.39 is 0 Å². The lowest BCUT2D eigenvalue weighted by Crippen LogP contribution is -1.77. The van der Waals surface area contributed by atoms with E-state index in [4.69, 9.17) is 5.11 Å². The van der Waals surface area contributed by atoms with Gasteiger partial charge in [0.05, 0.1) is 0 Å². The molecule has 0 aliphatic carbocycles. The lowest BCUT2D eigenvalue weighted by atomic mass is 10.4. The minimum atomic E-state index is 0.118. The van der Waals surface area contributed by atoms with Crippen LogP contribution in [0.5, 0.6) is 0 Å². The zero-order valence-electron chi connectivity index (χ0n) is 9.47. The Morgan fingerprint density at radius 2 is 1.42 bits per heavy atom. The van der Waals surface area contributed by atoms with Crippen molar-refractivity contribution >= 4 is 6.21 Å². The molecule has 12 heavy (non-hydrogen) atoms. The molecule has 0 radical (unpaired) electrons. The normalized spacial score (nSPS) is 7.58. The van der Waals surface area contributed by atoms with Gasteiger partial charge in [-0.15, -0.1) is 0 Å². The molecule has 0 amide bonds. The SMILES string of the molecule is C/C=N\C(O)=C(C)C.CC.CC. The molecule has 0 rings (SSSR count). The van der Waals surface area contributed by atoms with Crippen LogP contribution in [0.15, 0.2) is 16.4 Å². The summed E-state index contributed by atoms with van der Waals surface area (Å²) in [6, 6.07) is 0. The van der Waals surface area contributed by atoms with Gasteiger partial charge >= 0.3 is 0 Å². The predicted molar refractivity (Wildman–Crippen MR) is 57.9 cm³/mol. The van der Waals surface area contributed by atoms with Gasteiger partial charge in [-0.2, -0.15) is 0 Å². The number of nitrogens with zero attached hydrogens (tertiary/aromatic N) is 1. The molecule has 2 heteroatoms. The van der Waals surface area contributed by atoms with Gasteiger partial charge in [0.2, 0.25) is 5.88 Å². The van der Waals surface area contributed by atoms with Crippen LogP contribution in [0.3, 0.4) is 0 Å². The molecule has 0 spiro atoms. The summed E-state index contributed by atoms with van der Waals surface area (Å²) in [5.41, 5.74) is 0.836. The van der Waals surface area contributed by atoms with E-state index in [0.717, 1.165) is 5.57 Å². The topological polar surface area (TPSA) is 32.6 Å². The summed E-state index contributed by atoms with van der Waals surface area (Å²) in [4.78, 5) is 3.63. The van der Waals surface area contributed by atoms with Crippen molar-refractivity contribution in [2.75, 3.05) is 0 Å². The molecule has 0 saturated heterocycles. The van der Waals surface area contributed by atoms with E-state index in [0.29, 0.717) is 0 Å². The third-order valence-electron chi connectivity index (χ3n) is 0.699. The van der Waals surface area contributed by atoms with Crippen LogP contribution >= 0.6 is 0 Å². The number of aliphatic hydroxyl groups is 1. The summed E-state index contributed by atoms with van der Waals surface area (Å²) in [7, 11) is 0. The standard InChI is InChI=1S/C6H11NO.2C2H6/c1-4-7-6(8)5(2)3;2*1-2/h4,8H,1-3H3;2*1-2H3/b7-4-;;. The summed E-state index contributed by atoms with van der Waals surface area (Å²) in [5.74, 6) is 0.118. The second-order valence-electron chi connectivity index (χ2n) is 1.71. The lowest BCUT2D eigenvalue weighted by molar-refractivity contribution is 0.400. The predicted octanol–water partition coefficient (Wildman–Crippen LogP) is 3.94. The smallest absolute Gasteiger partial charge is 0.208 e. The first-order valence-corrected chi connectivity index (χ1v) is 4.53. The zero-order chi connectivity index (χ0) is 10.6. The Morgan fingerprint density at radius 3 is 1.50 bits per heavy atom. The first-order chi connectivity index (χ1) is 5.68. The molecular weight excluding hydrogens is 150 g/mol. The van der Waals surface area contributed by atoms with Crippen LogP contribution in [0.25, 0.3) is 0 Å². The Bertz CT molecular complexity index is 122. The number of aliphatic imine (C=N–C) groups is 1. The summed E-state index contributed by atoms with van der Waals surface area (Å²) in [6.07, 6.45) is 1.56. The van der Waals surface area contributed by atoms with Crippen molar-refractivity contribution in [3.05, 3.63) is 11.5 Å². The van der Waals surface area contributed by atoms with Crippen LogP contribution in [0.1, 0.15) is 48.5 Å². The number of aliphatic hydroxyl groups excluding tert-OH is 1. The summed E-state index contributed by atoms with van der Waals surface area (Å²) >= 11 is 0. The fraction of sp³-hybridized carbons (Fsp3) is 0.700. The van der Waals surface area contributed by atoms with Crippen molar-refractivity contribution in [3.63, 3.8) is 0 Å². The van der Waals surface area contributed by atoms with Gasteiger partial charge in [0, 0.05) is 6.21 Å². The van der Waals surface area contributed by atoms with Gasteiger partial charge in [-0.1, -0.05) is 27.7 Å². The molecular formula is C10H23NO. The minimum Gasteiger partial charge on any atom is -0.493 e.